The van der Waals surface area contributed by atoms with Gasteiger partial charge in [0.2, 0.25) is 0 Å². The van der Waals surface area contributed by atoms with Crippen LogP contribution in [0.15, 0.2) is 66.2 Å². The molecule has 5 nitrogen and oxygen atoms in total. The quantitative estimate of drug-likeness (QED) is 0.399. The van der Waals surface area contributed by atoms with Gasteiger partial charge in [-0.15, -0.1) is 0 Å². The molecule has 0 radical (unpaired) electrons. The van der Waals surface area contributed by atoms with Crippen LogP contribution in [0.3, 0.4) is 0 Å². The molecular formula is C23H28FN5S. The van der Waals surface area contributed by atoms with E-state index in [1.807, 2.05) is 36.3 Å². The van der Waals surface area contributed by atoms with E-state index in [0.29, 0.717) is 13.1 Å². The van der Waals surface area contributed by atoms with Gasteiger partial charge in [-0.3, -0.25) is 0 Å². The molecule has 158 valence electrons. The van der Waals surface area contributed by atoms with Crippen LogP contribution in [0, 0.1) is 5.82 Å². The van der Waals surface area contributed by atoms with Crippen LogP contribution in [0.25, 0.3) is 0 Å². The standard InChI is InChI=1S/C23H28FN5S/c1-3-26-23(28-14-20-8-9-22(24)12-21(20)16-30-2)27-13-18-4-6-19(7-5-18)15-29-11-10-25-17-29/h4-12,17H,3,13-16H2,1-2H3,(H2,26,27,28). The number of nitrogens with one attached hydrogen (secondary N) is 2. The molecule has 0 unspecified atom stereocenters. The highest BCUT2D eigenvalue weighted by molar-refractivity contribution is 7.97. The summed E-state index contributed by atoms with van der Waals surface area (Å²) in [5.41, 5.74) is 4.47. The Morgan fingerprint density at radius 1 is 1.10 bits per heavy atom. The van der Waals surface area contributed by atoms with Crippen molar-refractivity contribution in [2.75, 3.05) is 12.8 Å². The SMILES string of the molecule is CCNC(=NCc1ccc(Cn2ccnc2)cc1)NCc1ccc(F)cc1CSC. The van der Waals surface area contributed by atoms with Crippen LogP contribution < -0.4 is 10.6 Å². The maximum Gasteiger partial charge on any atom is 0.191 e. The fourth-order valence-corrected chi connectivity index (χ4v) is 3.67. The number of hydrogen-bond donors (Lipinski definition) is 2. The molecule has 3 rings (SSSR count). The van der Waals surface area contributed by atoms with Gasteiger partial charge in [-0.25, -0.2) is 14.4 Å². The topological polar surface area (TPSA) is 54.2 Å². The smallest absolute Gasteiger partial charge is 0.191 e. The van der Waals surface area contributed by atoms with E-state index in [2.05, 4.69) is 39.9 Å². The summed E-state index contributed by atoms with van der Waals surface area (Å²) < 4.78 is 15.6. The van der Waals surface area contributed by atoms with Crippen molar-refractivity contribution < 1.29 is 4.39 Å². The third kappa shape index (κ3) is 6.62. The molecule has 0 bridgehead atoms. The van der Waals surface area contributed by atoms with Gasteiger partial charge in [0.05, 0.1) is 12.9 Å². The number of nitrogens with zero attached hydrogens (tertiary/aromatic N) is 3. The Morgan fingerprint density at radius 3 is 2.60 bits per heavy atom. The normalized spacial score (nSPS) is 11.5. The molecule has 0 amide bonds. The van der Waals surface area contributed by atoms with Gasteiger partial charge in [0.25, 0.3) is 0 Å². The summed E-state index contributed by atoms with van der Waals surface area (Å²) in [5.74, 6) is 1.34. The molecule has 30 heavy (non-hydrogen) atoms. The molecule has 0 atom stereocenters. The lowest BCUT2D eigenvalue weighted by atomic mass is 10.1. The predicted molar refractivity (Wildman–Crippen MR) is 123 cm³/mol. The molecule has 7 heteroatoms. The molecule has 0 fully saturated rings. The predicted octanol–water partition coefficient (Wildman–Crippen LogP) is 4.19. The van der Waals surface area contributed by atoms with E-state index in [0.717, 1.165) is 41.5 Å². The monoisotopic (exact) mass is 425 g/mol. The zero-order chi connectivity index (χ0) is 21.2. The molecule has 0 aliphatic heterocycles. The van der Waals surface area contributed by atoms with Crippen LogP contribution >= 0.6 is 11.8 Å². The van der Waals surface area contributed by atoms with Crippen molar-refractivity contribution in [3.05, 3.63) is 89.3 Å². The van der Waals surface area contributed by atoms with Gasteiger partial charge in [-0.2, -0.15) is 11.8 Å². The molecule has 2 aromatic carbocycles. The Balaban J connectivity index is 1.60. The summed E-state index contributed by atoms with van der Waals surface area (Å²) in [4.78, 5) is 8.77. The number of hydrogen-bond acceptors (Lipinski definition) is 3. The van der Waals surface area contributed by atoms with E-state index in [1.54, 1.807) is 24.0 Å². The van der Waals surface area contributed by atoms with E-state index in [9.17, 15) is 4.39 Å². The first-order valence-electron chi connectivity index (χ1n) is 10.00. The van der Waals surface area contributed by atoms with E-state index < -0.39 is 0 Å². The first-order valence-corrected chi connectivity index (χ1v) is 11.4. The van der Waals surface area contributed by atoms with Crippen molar-refractivity contribution in [2.24, 2.45) is 4.99 Å². The van der Waals surface area contributed by atoms with Crippen molar-refractivity contribution in [1.82, 2.24) is 20.2 Å². The van der Waals surface area contributed by atoms with Crippen molar-refractivity contribution in [2.45, 2.75) is 32.3 Å². The van der Waals surface area contributed by atoms with Gasteiger partial charge in [0.1, 0.15) is 5.82 Å². The van der Waals surface area contributed by atoms with Crippen LogP contribution in [0.2, 0.25) is 0 Å². The van der Waals surface area contributed by atoms with Gasteiger partial charge >= 0.3 is 0 Å². The molecule has 1 heterocycles. The van der Waals surface area contributed by atoms with Crippen LogP contribution in [0.4, 0.5) is 4.39 Å². The number of thioether (sulfide) groups is 1. The number of imidazole rings is 1. The largest absolute Gasteiger partial charge is 0.357 e. The number of aromatic nitrogens is 2. The van der Waals surface area contributed by atoms with Gasteiger partial charge in [-0.05, 0) is 47.6 Å². The highest BCUT2D eigenvalue weighted by atomic mass is 32.2. The van der Waals surface area contributed by atoms with E-state index >= 15 is 0 Å². The van der Waals surface area contributed by atoms with Gasteiger partial charge in [0.15, 0.2) is 5.96 Å². The Morgan fingerprint density at radius 2 is 1.90 bits per heavy atom. The van der Waals surface area contributed by atoms with E-state index in [1.165, 1.54) is 11.6 Å². The minimum absolute atomic E-state index is 0.195. The van der Waals surface area contributed by atoms with Gasteiger partial charge < -0.3 is 15.2 Å². The van der Waals surface area contributed by atoms with Gasteiger partial charge in [-0.1, -0.05) is 30.3 Å². The minimum atomic E-state index is -0.195. The number of guanidine groups is 1. The van der Waals surface area contributed by atoms with Crippen molar-refractivity contribution in [3.63, 3.8) is 0 Å². The fourth-order valence-electron chi connectivity index (χ4n) is 3.09. The summed E-state index contributed by atoms with van der Waals surface area (Å²) in [7, 11) is 0. The molecule has 0 saturated carbocycles. The molecule has 1 aromatic heterocycles. The molecule has 2 N–H and O–H groups in total. The third-order valence-corrected chi connectivity index (χ3v) is 5.23. The minimum Gasteiger partial charge on any atom is -0.357 e. The first kappa shape index (κ1) is 21.9. The lowest BCUT2D eigenvalue weighted by molar-refractivity contribution is 0.625. The average Bonchev–Trinajstić information content (AvgIpc) is 3.25. The summed E-state index contributed by atoms with van der Waals surface area (Å²) in [6, 6.07) is 13.4. The van der Waals surface area contributed by atoms with Crippen LogP contribution in [0.1, 0.15) is 29.2 Å². The maximum absolute atomic E-state index is 13.6. The Bertz CT molecular complexity index is 939. The zero-order valence-electron chi connectivity index (χ0n) is 17.4. The van der Waals surface area contributed by atoms with Gasteiger partial charge in [0, 0.05) is 37.8 Å². The van der Waals surface area contributed by atoms with Crippen molar-refractivity contribution >= 4 is 17.7 Å². The van der Waals surface area contributed by atoms with E-state index in [-0.39, 0.29) is 5.82 Å². The summed E-state index contributed by atoms with van der Waals surface area (Å²) in [6.45, 7) is 4.81. The van der Waals surface area contributed by atoms with E-state index in [4.69, 9.17) is 4.99 Å². The molecule has 3 aromatic rings. The second-order valence-corrected chi connectivity index (χ2v) is 7.81. The average molecular weight is 426 g/mol. The second-order valence-electron chi connectivity index (χ2n) is 6.95. The number of aliphatic imine (C=N–C) groups is 1. The van der Waals surface area contributed by atoms with Crippen molar-refractivity contribution in [3.8, 4) is 0 Å². The third-order valence-electron chi connectivity index (χ3n) is 4.63. The number of rotatable bonds is 9. The molecule has 0 aliphatic carbocycles. The number of halogens is 1. The Labute approximate surface area is 181 Å². The first-order chi connectivity index (χ1) is 14.7. The highest BCUT2D eigenvalue weighted by Gasteiger charge is 2.06. The van der Waals surface area contributed by atoms with Crippen LogP contribution in [-0.4, -0.2) is 28.3 Å². The second kappa shape index (κ2) is 11.4. The van der Waals surface area contributed by atoms with Crippen LogP contribution in [-0.2, 0) is 25.4 Å². The summed E-state index contributed by atoms with van der Waals surface area (Å²) in [6.07, 6.45) is 7.58. The molecule has 0 aliphatic rings. The lowest BCUT2D eigenvalue weighted by Crippen LogP contribution is -2.37. The summed E-state index contributed by atoms with van der Waals surface area (Å²) >= 11 is 1.69. The lowest BCUT2D eigenvalue weighted by Gasteiger charge is -2.14. The molecule has 0 saturated heterocycles. The molecule has 0 spiro atoms. The van der Waals surface area contributed by atoms with Crippen molar-refractivity contribution in [1.29, 1.82) is 0 Å². The number of benzene rings is 2. The Hall–Kier alpha value is -2.80. The Kier molecular flexibility index (Phi) is 8.32. The molecular weight excluding hydrogens is 397 g/mol. The fraction of sp³-hybridized carbons (Fsp3) is 0.304. The highest BCUT2D eigenvalue weighted by Crippen LogP contribution is 2.16. The van der Waals surface area contributed by atoms with Crippen LogP contribution in [0.5, 0.6) is 0 Å². The maximum atomic E-state index is 13.6. The zero-order valence-corrected chi connectivity index (χ0v) is 18.3. The summed E-state index contributed by atoms with van der Waals surface area (Å²) in [5, 5.41) is 6.64.